The van der Waals surface area contributed by atoms with Crippen LogP contribution in [0.5, 0.6) is 0 Å². The molecule has 30 heavy (non-hydrogen) atoms. The third-order valence-electron chi connectivity index (χ3n) is 5.47. The zero-order valence-electron chi connectivity index (χ0n) is 16.5. The summed E-state index contributed by atoms with van der Waals surface area (Å²) < 4.78 is 28.9. The molecule has 1 amide bonds. The topological polar surface area (TPSA) is 63.9 Å². The van der Waals surface area contributed by atoms with E-state index in [1.54, 1.807) is 28.8 Å². The molecule has 1 aliphatic heterocycles. The first-order chi connectivity index (χ1) is 14.3. The summed E-state index contributed by atoms with van der Waals surface area (Å²) in [4.78, 5) is 24.8. The number of rotatable bonds is 2. The Morgan fingerprint density at radius 3 is 2.90 bits per heavy atom. The molecule has 0 bridgehead atoms. The highest BCUT2D eigenvalue weighted by Gasteiger charge is 2.40. The number of piperidine rings is 1. The second kappa shape index (κ2) is 6.80. The Morgan fingerprint density at radius 2 is 2.10 bits per heavy atom. The molecule has 1 aliphatic rings. The minimum atomic E-state index is -2.70. The highest BCUT2D eigenvalue weighted by Crippen LogP contribution is 2.34. The molecule has 9 heteroatoms. The normalized spacial score (nSPS) is 18.9. The highest BCUT2D eigenvalue weighted by atomic mass is 32.1. The van der Waals surface area contributed by atoms with Gasteiger partial charge in [-0.05, 0) is 31.2 Å². The van der Waals surface area contributed by atoms with Crippen molar-refractivity contribution in [2.45, 2.75) is 31.7 Å². The van der Waals surface area contributed by atoms with Crippen molar-refractivity contribution in [1.29, 1.82) is 0 Å². The predicted molar refractivity (Wildman–Crippen MR) is 112 cm³/mol. The van der Waals surface area contributed by atoms with Gasteiger partial charge in [0.25, 0.3) is 11.8 Å². The smallest absolute Gasteiger partial charge is 0.264 e. The van der Waals surface area contributed by atoms with Crippen LogP contribution in [0.25, 0.3) is 32.5 Å². The lowest BCUT2D eigenvalue weighted by molar-refractivity contribution is -0.0664. The van der Waals surface area contributed by atoms with Crippen molar-refractivity contribution >= 4 is 38.5 Å². The van der Waals surface area contributed by atoms with Crippen LogP contribution in [0, 0.1) is 0 Å². The van der Waals surface area contributed by atoms with Gasteiger partial charge in [0.15, 0.2) is 5.65 Å². The van der Waals surface area contributed by atoms with Crippen LogP contribution >= 0.6 is 11.3 Å². The zero-order chi connectivity index (χ0) is 21.0. The van der Waals surface area contributed by atoms with Crippen molar-refractivity contribution in [2.24, 2.45) is 7.05 Å². The molecular weight excluding hydrogens is 408 g/mol. The largest absolute Gasteiger partial charge is 0.335 e. The fraction of sp³-hybridized carbons (Fsp3) is 0.333. The van der Waals surface area contributed by atoms with E-state index >= 15 is 0 Å². The van der Waals surface area contributed by atoms with Crippen LogP contribution in [0.3, 0.4) is 0 Å². The number of aromatic nitrogens is 4. The summed E-state index contributed by atoms with van der Waals surface area (Å²) in [6.45, 7) is 1.74. The average molecular weight is 427 g/mol. The molecule has 5 rings (SSSR count). The number of alkyl halides is 2. The third-order valence-corrected chi connectivity index (χ3v) is 6.50. The van der Waals surface area contributed by atoms with Gasteiger partial charge in [0.05, 0.1) is 10.6 Å². The Labute approximate surface area is 175 Å². The molecule has 5 heterocycles. The second-order valence-corrected chi connectivity index (χ2v) is 8.83. The van der Waals surface area contributed by atoms with Crippen LogP contribution in [-0.4, -0.2) is 49.1 Å². The molecule has 0 spiro atoms. The molecule has 6 nitrogen and oxygen atoms in total. The number of carbonyl (C=O) groups excluding carboxylic acids is 1. The minimum Gasteiger partial charge on any atom is -0.335 e. The maximum absolute atomic E-state index is 13.6. The fourth-order valence-electron chi connectivity index (χ4n) is 3.95. The molecule has 4 aromatic rings. The Hall–Kier alpha value is -2.94. The number of nitrogens with zero attached hydrogens (tertiary/aromatic N) is 5. The van der Waals surface area contributed by atoms with Crippen molar-refractivity contribution < 1.29 is 13.6 Å². The Kier molecular flexibility index (Phi) is 4.32. The number of pyridine rings is 2. The Morgan fingerprint density at radius 1 is 1.27 bits per heavy atom. The van der Waals surface area contributed by atoms with E-state index in [1.165, 1.54) is 11.3 Å². The highest BCUT2D eigenvalue weighted by molar-refractivity contribution is 7.20. The lowest BCUT2D eigenvalue weighted by Gasteiger charge is -2.37. The molecule has 1 saturated heterocycles. The number of hydrogen-bond donors (Lipinski definition) is 0. The lowest BCUT2D eigenvalue weighted by atomic mass is 9.99. The van der Waals surface area contributed by atoms with Crippen LogP contribution < -0.4 is 0 Å². The van der Waals surface area contributed by atoms with Gasteiger partial charge in [0.2, 0.25) is 0 Å². The van der Waals surface area contributed by atoms with Gasteiger partial charge >= 0.3 is 0 Å². The first-order valence-electron chi connectivity index (χ1n) is 9.68. The van der Waals surface area contributed by atoms with E-state index in [0.29, 0.717) is 10.5 Å². The van der Waals surface area contributed by atoms with Gasteiger partial charge in [-0.15, -0.1) is 11.3 Å². The third kappa shape index (κ3) is 3.32. The van der Waals surface area contributed by atoms with Gasteiger partial charge in [-0.2, -0.15) is 5.10 Å². The summed E-state index contributed by atoms with van der Waals surface area (Å²) in [7, 11) is 1.85. The van der Waals surface area contributed by atoms with Crippen molar-refractivity contribution in [3.63, 3.8) is 0 Å². The van der Waals surface area contributed by atoms with E-state index in [4.69, 9.17) is 4.98 Å². The van der Waals surface area contributed by atoms with Gasteiger partial charge in [-0.1, -0.05) is 0 Å². The maximum Gasteiger partial charge on any atom is 0.264 e. The van der Waals surface area contributed by atoms with E-state index in [0.717, 1.165) is 26.9 Å². The molecule has 0 unspecified atom stereocenters. The molecule has 154 valence electrons. The predicted octanol–water partition coefficient (Wildman–Crippen LogP) is 4.50. The second-order valence-electron chi connectivity index (χ2n) is 7.80. The Bertz CT molecular complexity index is 1280. The van der Waals surface area contributed by atoms with Gasteiger partial charge in [0, 0.05) is 61.2 Å². The lowest BCUT2D eigenvalue weighted by Crippen LogP contribution is -2.48. The summed E-state index contributed by atoms with van der Waals surface area (Å²) in [6.07, 6.45) is 3.05. The van der Waals surface area contributed by atoms with Gasteiger partial charge < -0.3 is 4.90 Å². The zero-order valence-corrected chi connectivity index (χ0v) is 17.3. The average Bonchev–Trinajstić information content (AvgIpc) is 3.27. The van der Waals surface area contributed by atoms with Crippen molar-refractivity contribution in [3.8, 4) is 11.3 Å². The van der Waals surface area contributed by atoms with Crippen LogP contribution in [0.15, 0.2) is 36.7 Å². The van der Waals surface area contributed by atoms with Crippen molar-refractivity contribution in [1.82, 2.24) is 24.6 Å². The summed E-state index contributed by atoms with van der Waals surface area (Å²) in [5, 5.41) is 6.06. The van der Waals surface area contributed by atoms with E-state index < -0.39 is 12.0 Å². The van der Waals surface area contributed by atoms with E-state index in [1.807, 2.05) is 31.4 Å². The standard InChI is InChI=1S/C21H19F2N5OS/c1-12-9-21(22,23)5-6-28(12)20(29)17-8-13-3-4-16(25-19(13)30-17)14-7-15-11-27(2)26-18(15)24-10-14/h3-4,7-8,10-12H,5-6,9H2,1-2H3/t12-/m1/s1. The molecule has 0 N–H and O–H groups in total. The van der Waals surface area contributed by atoms with Gasteiger partial charge in [-0.25, -0.2) is 18.7 Å². The van der Waals surface area contributed by atoms with Crippen LogP contribution in [-0.2, 0) is 7.05 Å². The molecule has 1 atom stereocenters. The monoisotopic (exact) mass is 427 g/mol. The maximum atomic E-state index is 13.6. The van der Waals surface area contributed by atoms with E-state index in [2.05, 4.69) is 10.1 Å². The molecule has 0 saturated carbocycles. The number of thiophene rings is 1. The van der Waals surface area contributed by atoms with E-state index in [9.17, 15) is 13.6 Å². The number of amides is 1. The van der Waals surface area contributed by atoms with Gasteiger partial charge in [-0.3, -0.25) is 9.48 Å². The molecule has 0 aliphatic carbocycles. The SMILES string of the molecule is C[C@@H]1CC(F)(F)CCN1C(=O)c1cc2ccc(-c3cnc4nn(C)cc4c3)nc2s1. The molecule has 4 aromatic heterocycles. The minimum absolute atomic E-state index is 0.0662. The summed E-state index contributed by atoms with van der Waals surface area (Å²) in [6, 6.07) is 7.10. The molecule has 0 aromatic carbocycles. The van der Waals surface area contributed by atoms with Crippen LogP contribution in [0.1, 0.15) is 29.4 Å². The molecule has 0 radical (unpaired) electrons. The van der Waals surface area contributed by atoms with Crippen LogP contribution in [0.2, 0.25) is 0 Å². The number of likely N-dealkylation sites (tertiary alicyclic amines) is 1. The van der Waals surface area contributed by atoms with E-state index in [-0.39, 0.29) is 25.3 Å². The number of hydrogen-bond acceptors (Lipinski definition) is 5. The summed E-state index contributed by atoms with van der Waals surface area (Å²) in [5.41, 5.74) is 2.30. The number of fused-ring (bicyclic) bond motifs is 2. The number of carbonyl (C=O) groups is 1. The summed E-state index contributed by atoms with van der Waals surface area (Å²) >= 11 is 1.29. The summed E-state index contributed by atoms with van der Waals surface area (Å²) in [5.74, 6) is -2.91. The first-order valence-corrected chi connectivity index (χ1v) is 10.5. The van der Waals surface area contributed by atoms with Crippen molar-refractivity contribution in [3.05, 3.63) is 41.5 Å². The molecule has 1 fully saturated rings. The Balaban J connectivity index is 1.45. The number of halogens is 2. The number of aryl methyl sites for hydroxylation is 1. The van der Waals surface area contributed by atoms with Crippen molar-refractivity contribution in [2.75, 3.05) is 6.54 Å². The van der Waals surface area contributed by atoms with Gasteiger partial charge in [0.1, 0.15) is 4.83 Å². The fourth-order valence-corrected chi connectivity index (χ4v) is 4.94. The first kappa shape index (κ1) is 19.0. The quantitative estimate of drug-likeness (QED) is 0.472. The molecular formula is C21H19F2N5OS. The van der Waals surface area contributed by atoms with Crippen LogP contribution in [0.4, 0.5) is 8.78 Å².